The number of amides is 1. The molecule has 0 aromatic heterocycles. The predicted octanol–water partition coefficient (Wildman–Crippen LogP) is 2.12. The monoisotopic (exact) mass is 351 g/mol. The van der Waals surface area contributed by atoms with Gasteiger partial charge in [0, 0.05) is 23.1 Å². The van der Waals surface area contributed by atoms with Crippen LogP contribution in [0.25, 0.3) is 0 Å². The van der Waals surface area contributed by atoms with Crippen LogP contribution in [0.2, 0.25) is 0 Å². The minimum atomic E-state index is -0.568. The predicted molar refractivity (Wildman–Crippen MR) is 78.9 cm³/mol. The van der Waals surface area contributed by atoms with Gasteiger partial charge in [0.15, 0.2) is 0 Å². The Hall–Kier alpha value is -1.18. The maximum atomic E-state index is 11.8. The minimum Gasteiger partial charge on any atom is -0.350 e. The summed E-state index contributed by atoms with van der Waals surface area (Å²) in [4.78, 5) is 22.1. The Morgan fingerprint density at radius 1 is 1.53 bits per heavy atom. The molecule has 0 aliphatic rings. The van der Waals surface area contributed by atoms with Crippen molar-refractivity contribution < 1.29 is 9.72 Å². The number of likely N-dealkylation sites (N-methyl/N-ethyl adjacent to an activating group) is 1. The van der Waals surface area contributed by atoms with E-state index in [1.807, 2.05) is 6.92 Å². The number of hydrogen-bond donors (Lipinski definition) is 2. The molecule has 0 spiro atoms. The van der Waals surface area contributed by atoms with Gasteiger partial charge in [0.1, 0.15) is 5.56 Å². The molecule has 1 aromatic rings. The highest BCUT2D eigenvalue weighted by molar-refractivity contribution is 9.10. The molecule has 1 amide bonds. The van der Waals surface area contributed by atoms with E-state index in [4.69, 9.17) is 0 Å². The Bertz CT molecular complexity index is 470. The first-order valence-corrected chi connectivity index (χ1v) is 6.14. The third-order valence-electron chi connectivity index (χ3n) is 2.46. The van der Waals surface area contributed by atoms with Gasteiger partial charge in [-0.15, -0.1) is 12.4 Å². The second-order valence-electron chi connectivity index (χ2n) is 3.82. The lowest BCUT2D eigenvalue weighted by atomic mass is 10.1. The molecule has 106 valence electrons. The van der Waals surface area contributed by atoms with Crippen LogP contribution in [0.3, 0.4) is 0 Å². The molecule has 1 atom stereocenters. The molecular formula is C11H15BrClN3O3. The lowest BCUT2D eigenvalue weighted by Crippen LogP contribution is -2.37. The molecule has 8 heteroatoms. The van der Waals surface area contributed by atoms with Crippen LogP contribution in [0.15, 0.2) is 22.7 Å². The fourth-order valence-corrected chi connectivity index (χ4v) is 1.64. The first-order valence-electron chi connectivity index (χ1n) is 5.35. The SMILES string of the molecule is CNC(C)CNC(=O)c1ccc(Br)cc1[N+](=O)[O-].Cl. The number of hydrogen-bond acceptors (Lipinski definition) is 4. The van der Waals surface area contributed by atoms with Gasteiger partial charge in [0.2, 0.25) is 0 Å². The summed E-state index contributed by atoms with van der Waals surface area (Å²) in [6.45, 7) is 2.30. The van der Waals surface area contributed by atoms with E-state index in [9.17, 15) is 14.9 Å². The van der Waals surface area contributed by atoms with E-state index in [2.05, 4.69) is 26.6 Å². The van der Waals surface area contributed by atoms with E-state index in [-0.39, 0.29) is 29.7 Å². The molecule has 0 fully saturated rings. The normalized spacial score (nSPS) is 11.3. The second-order valence-corrected chi connectivity index (χ2v) is 4.73. The Morgan fingerprint density at radius 2 is 2.16 bits per heavy atom. The standard InChI is InChI=1S/C11H14BrN3O3.ClH/c1-7(13-2)6-14-11(16)9-4-3-8(12)5-10(9)15(17)18;/h3-5,7,13H,6H2,1-2H3,(H,14,16);1H. The number of carbonyl (C=O) groups excluding carboxylic acids is 1. The van der Waals surface area contributed by atoms with Crippen LogP contribution in [0.1, 0.15) is 17.3 Å². The summed E-state index contributed by atoms with van der Waals surface area (Å²) in [6, 6.07) is 4.45. The number of nitrogens with one attached hydrogen (secondary N) is 2. The second kappa shape index (κ2) is 8.08. The highest BCUT2D eigenvalue weighted by Crippen LogP contribution is 2.23. The Morgan fingerprint density at radius 3 is 2.68 bits per heavy atom. The van der Waals surface area contributed by atoms with Crippen LogP contribution >= 0.6 is 28.3 Å². The molecule has 2 N–H and O–H groups in total. The number of nitro groups is 1. The molecule has 0 aliphatic heterocycles. The average molecular weight is 353 g/mol. The maximum absolute atomic E-state index is 11.8. The smallest absolute Gasteiger partial charge is 0.283 e. The van der Waals surface area contributed by atoms with Gasteiger partial charge >= 0.3 is 0 Å². The van der Waals surface area contributed by atoms with Gasteiger partial charge in [0.05, 0.1) is 4.92 Å². The quantitative estimate of drug-likeness (QED) is 0.628. The summed E-state index contributed by atoms with van der Waals surface area (Å²) in [5, 5.41) is 16.5. The Balaban J connectivity index is 0.00000324. The molecule has 1 aromatic carbocycles. The summed E-state index contributed by atoms with van der Waals surface area (Å²) in [6.07, 6.45) is 0. The molecule has 0 aliphatic carbocycles. The molecule has 0 saturated carbocycles. The fourth-order valence-electron chi connectivity index (χ4n) is 1.29. The van der Waals surface area contributed by atoms with Gasteiger partial charge in [-0.3, -0.25) is 14.9 Å². The topological polar surface area (TPSA) is 84.3 Å². The zero-order valence-electron chi connectivity index (χ0n) is 10.5. The van der Waals surface area contributed by atoms with Gasteiger partial charge in [-0.1, -0.05) is 15.9 Å². The summed E-state index contributed by atoms with van der Waals surface area (Å²) in [5.74, 6) is -0.448. The Labute approximate surface area is 125 Å². The summed E-state index contributed by atoms with van der Waals surface area (Å²) >= 11 is 3.14. The summed E-state index contributed by atoms with van der Waals surface area (Å²) in [7, 11) is 1.78. The van der Waals surface area contributed by atoms with Crippen molar-refractivity contribution in [1.29, 1.82) is 0 Å². The molecule has 6 nitrogen and oxygen atoms in total. The molecule has 0 radical (unpaired) electrons. The van der Waals surface area contributed by atoms with Crippen LogP contribution in [0.4, 0.5) is 5.69 Å². The van der Waals surface area contributed by atoms with Crippen LogP contribution in [0, 0.1) is 10.1 Å². The van der Waals surface area contributed by atoms with Crippen LogP contribution in [-0.4, -0.2) is 30.5 Å². The third kappa shape index (κ3) is 5.14. The van der Waals surface area contributed by atoms with E-state index in [0.29, 0.717) is 11.0 Å². The lowest BCUT2D eigenvalue weighted by Gasteiger charge is -2.11. The van der Waals surface area contributed by atoms with E-state index in [1.54, 1.807) is 13.1 Å². The highest BCUT2D eigenvalue weighted by atomic mass is 79.9. The zero-order valence-corrected chi connectivity index (χ0v) is 12.9. The van der Waals surface area contributed by atoms with Crippen molar-refractivity contribution in [2.24, 2.45) is 0 Å². The van der Waals surface area contributed by atoms with Crippen LogP contribution < -0.4 is 10.6 Å². The van der Waals surface area contributed by atoms with Crippen molar-refractivity contribution in [2.75, 3.05) is 13.6 Å². The minimum absolute atomic E-state index is 0. The van der Waals surface area contributed by atoms with Crippen LogP contribution in [-0.2, 0) is 0 Å². The number of nitrogens with zero attached hydrogens (tertiary/aromatic N) is 1. The van der Waals surface area contributed by atoms with Gasteiger partial charge in [-0.25, -0.2) is 0 Å². The summed E-state index contributed by atoms with van der Waals surface area (Å²) < 4.78 is 0.564. The van der Waals surface area contributed by atoms with Crippen molar-refractivity contribution in [3.8, 4) is 0 Å². The van der Waals surface area contributed by atoms with Crippen molar-refractivity contribution in [3.05, 3.63) is 38.3 Å². The molecule has 1 unspecified atom stereocenters. The van der Waals surface area contributed by atoms with Gasteiger partial charge < -0.3 is 10.6 Å². The third-order valence-corrected chi connectivity index (χ3v) is 2.96. The van der Waals surface area contributed by atoms with Crippen molar-refractivity contribution in [2.45, 2.75) is 13.0 Å². The van der Waals surface area contributed by atoms with E-state index in [1.165, 1.54) is 12.1 Å². The first-order chi connectivity index (χ1) is 8.45. The van der Waals surface area contributed by atoms with E-state index >= 15 is 0 Å². The molecule has 19 heavy (non-hydrogen) atoms. The number of benzene rings is 1. The molecule has 0 bridgehead atoms. The van der Waals surface area contributed by atoms with Gasteiger partial charge in [-0.2, -0.15) is 0 Å². The first kappa shape index (κ1) is 17.8. The van der Waals surface area contributed by atoms with Crippen LogP contribution in [0.5, 0.6) is 0 Å². The number of halogens is 2. The molecule has 0 heterocycles. The van der Waals surface area contributed by atoms with Crippen molar-refractivity contribution in [3.63, 3.8) is 0 Å². The molecule has 1 rings (SSSR count). The number of carbonyl (C=O) groups is 1. The van der Waals surface area contributed by atoms with Crippen molar-refractivity contribution >= 4 is 39.9 Å². The van der Waals surface area contributed by atoms with Gasteiger partial charge in [-0.05, 0) is 26.1 Å². The lowest BCUT2D eigenvalue weighted by molar-refractivity contribution is -0.385. The van der Waals surface area contributed by atoms with Crippen molar-refractivity contribution in [1.82, 2.24) is 10.6 Å². The van der Waals surface area contributed by atoms with E-state index < -0.39 is 10.8 Å². The molecular weight excluding hydrogens is 337 g/mol. The number of rotatable bonds is 5. The average Bonchev–Trinajstić information content (AvgIpc) is 2.35. The maximum Gasteiger partial charge on any atom is 0.283 e. The fraction of sp³-hybridized carbons (Fsp3) is 0.364. The molecule has 0 saturated heterocycles. The van der Waals surface area contributed by atoms with Gasteiger partial charge in [0.25, 0.3) is 11.6 Å². The highest BCUT2D eigenvalue weighted by Gasteiger charge is 2.20. The summed E-state index contributed by atoms with van der Waals surface area (Å²) in [5.41, 5.74) is -0.148. The zero-order chi connectivity index (χ0) is 13.7. The largest absolute Gasteiger partial charge is 0.350 e. The Kier molecular flexibility index (Phi) is 7.58. The number of nitro benzene ring substituents is 1. The van der Waals surface area contributed by atoms with E-state index in [0.717, 1.165) is 0 Å².